The SMILES string of the molecule is O=C(O)C(F)(F)F.O=C1NCCc2c1ccc1[nH]cc(CCNC(=O)C3CNC3)c21. The number of alkyl halides is 3. The number of carboxylic acids is 1. The number of carboxylic acid groups (broad SMARTS) is 1. The van der Waals surface area contributed by atoms with E-state index in [4.69, 9.17) is 9.90 Å². The van der Waals surface area contributed by atoms with Crippen LogP contribution < -0.4 is 16.0 Å². The number of aromatic nitrogens is 1. The van der Waals surface area contributed by atoms with Crippen LogP contribution in [0.15, 0.2) is 18.3 Å². The Morgan fingerprint density at radius 3 is 2.53 bits per heavy atom. The Kier molecular flexibility index (Phi) is 6.30. The van der Waals surface area contributed by atoms with E-state index in [0.29, 0.717) is 13.1 Å². The number of halogens is 3. The van der Waals surface area contributed by atoms with Crippen molar-refractivity contribution < 1.29 is 32.7 Å². The number of fused-ring (bicyclic) bond motifs is 3. The van der Waals surface area contributed by atoms with Crippen LogP contribution in [0.5, 0.6) is 0 Å². The molecular weight excluding hydrogens is 405 g/mol. The largest absolute Gasteiger partial charge is 0.490 e. The van der Waals surface area contributed by atoms with Gasteiger partial charge in [-0.2, -0.15) is 13.2 Å². The van der Waals surface area contributed by atoms with Crippen molar-refractivity contribution in [3.05, 3.63) is 35.0 Å². The van der Waals surface area contributed by atoms with Gasteiger partial charge in [0.15, 0.2) is 0 Å². The predicted molar refractivity (Wildman–Crippen MR) is 101 cm³/mol. The quantitative estimate of drug-likeness (QED) is 0.499. The summed E-state index contributed by atoms with van der Waals surface area (Å²) in [5.74, 6) is -2.50. The van der Waals surface area contributed by atoms with Crippen LogP contribution in [0, 0.1) is 5.92 Å². The van der Waals surface area contributed by atoms with Gasteiger partial charge < -0.3 is 26.0 Å². The van der Waals surface area contributed by atoms with Crippen molar-refractivity contribution in [3.63, 3.8) is 0 Å². The summed E-state index contributed by atoms with van der Waals surface area (Å²) >= 11 is 0. The van der Waals surface area contributed by atoms with Gasteiger partial charge in [0.25, 0.3) is 5.91 Å². The fourth-order valence-electron chi connectivity index (χ4n) is 3.38. The van der Waals surface area contributed by atoms with Crippen molar-refractivity contribution in [2.45, 2.75) is 19.0 Å². The molecule has 1 aromatic carbocycles. The maximum atomic E-state index is 12.0. The highest BCUT2D eigenvalue weighted by Crippen LogP contribution is 2.28. The van der Waals surface area contributed by atoms with Crippen molar-refractivity contribution in [2.75, 3.05) is 26.2 Å². The van der Waals surface area contributed by atoms with E-state index in [1.165, 1.54) is 5.56 Å². The van der Waals surface area contributed by atoms with Crippen LogP contribution in [-0.2, 0) is 22.4 Å². The molecule has 4 rings (SSSR count). The molecule has 2 aromatic rings. The van der Waals surface area contributed by atoms with Gasteiger partial charge in [-0.25, -0.2) is 4.79 Å². The van der Waals surface area contributed by atoms with Crippen LogP contribution in [-0.4, -0.2) is 60.2 Å². The number of aromatic amines is 1. The molecule has 0 atom stereocenters. The summed E-state index contributed by atoms with van der Waals surface area (Å²) in [6.07, 6.45) is -1.47. The second-order valence-electron chi connectivity index (χ2n) is 7.03. The lowest BCUT2D eigenvalue weighted by atomic mass is 9.94. The van der Waals surface area contributed by atoms with Crippen molar-refractivity contribution >= 4 is 28.7 Å². The molecule has 8 nitrogen and oxygen atoms in total. The average molecular weight is 426 g/mol. The Morgan fingerprint density at radius 1 is 1.23 bits per heavy atom. The third-order valence-corrected chi connectivity index (χ3v) is 5.03. The zero-order valence-corrected chi connectivity index (χ0v) is 15.9. The molecule has 30 heavy (non-hydrogen) atoms. The molecule has 5 N–H and O–H groups in total. The van der Waals surface area contributed by atoms with Gasteiger partial charge in [0.2, 0.25) is 5.91 Å². The van der Waals surface area contributed by atoms with Gasteiger partial charge in [0.1, 0.15) is 0 Å². The van der Waals surface area contributed by atoms with Gasteiger partial charge in [-0.05, 0) is 36.1 Å². The Labute approximate surface area is 169 Å². The molecule has 0 aliphatic carbocycles. The second-order valence-corrected chi connectivity index (χ2v) is 7.03. The molecule has 1 fully saturated rings. The number of amides is 2. The number of carbonyl (C=O) groups excluding carboxylic acids is 2. The lowest BCUT2D eigenvalue weighted by Gasteiger charge is -2.25. The summed E-state index contributed by atoms with van der Waals surface area (Å²) in [5, 5.41) is 17.3. The first-order valence-electron chi connectivity index (χ1n) is 9.37. The normalized spacial score (nSPS) is 16.0. The van der Waals surface area contributed by atoms with Gasteiger partial charge in [-0.3, -0.25) is 9.59 Å². The topological polar surface area (TPSA) is 123 Å². The fourth-order valence-corrected chi connectivity index (χ4v) is 3.38. The Hall–Kier alpha value is -3.08. The lowest BCUT2D eigenvalue weighted by molar-refractivity contribution is -0.192. The summed E-state index contributed by atoms with van der Waals surface area (Å²) in [7, 11) is 0. The molecular formula is C19H21F3N4O4. The smallest absolute Gasteiger partial charge is 0.475 e. The highest BCUT2D eigenvalue weighted by atomic mass is 19.4. The first-order chi connectivity index (χ1) is 14.2. The third kappa shape index (κ3) is 4.73. The van der Waals surface area contributed by atoms with Gasteiger partial charge in [0.05, 0.1) is 5.92 Å². The minimum absolute atomic E-state index is 0.00564. The standard InChI is InChI=1S/C17H20N4O2.C2HF3O2/c22-16(11-7-18-8-11)19-5-3-10-9-21-14-2-1-13-12(15(10)14)4-6-20-17(13)23;3-2(4,5)1(6)7/h1-2,9,11,18,21H,3-8H2,(H,19,22)(H,20,23);(H,6,7). The monoisotopic (exact) mass is 426 g/mol. The number of H-pyrrole nitrogens is 1. The molecule has 2 aliphatic heterocycles. The molecule has 162 valence electrons. The summed E-state index contributed by atoms with van der Waals surface area (Å²) in [6.45, 7) is 2.86. The highest BCUT2D eigenvalue weighted by Gasteiger charge is 2.38. The summed E-state index contributed by atoms with van der Waals surface area (Å²) in [4.78, 5) is 36.1. The minimum Gasteiger partial charge on any atom is -0.475 e. The van der Waals surface area contributed by atoms with Gasteiger partial charge >= 0.3 is 12.1 Å². The number of hydrogen-bond donors (Lipinski definition) is 5. The van der Waals surface area contributed by atoms with Crippen LogP contribution in [0.4, 0.5) is 13.2 Å². The predicted octanol–water partition coefficient (Wildman–Crippen LogP) is 0.965. The zero-order chi connectivity index (χ0) is 21.9. The van der Waals surface area contributed by atoms with E-state index in [1.54, 1.807) is 0 Å². The number of aliphatic carboxylic acids is 1. The number of benzene rings is 1. The van der Waals surface area contributed by atoms with E-state index in [1.807, 2.05) is 18.3 Å². The van der Waals surface area contributed by atoms with Gasteiger partial charge in [-0.1, -0.05) is 0 Å². The van der Waals surface area contributed by atoms with Crippen molar-refractivity contribution in [2.24, 2.45) is 5.92 Å². The maximum absolute atomic E-state index is 12.0. The molecule has 2 amide bonds. The fraction of sp³-hybridized carbons (Fsp3) is 0.421. The number of rotatable bonds is 4. The van der Waals surface area contributed by atoms with Crippen molar-refractivity contribution in [1.29, 1.82) is 0 Å². The molecule has 0 spiro atoms. The Bertz CT molecular complexity index is 967. The van der Waals surface area contributed by atoms with Gasteiger partial charge in [-0.15, -0.1) is 0 Å². The second kappa shape index (κ2) is 8.74. The molecule has 1 aromatic heterocycles. The minimum atomic E-state index is -5.08. The van der Waals surface area contributed by atoms with E-state index < -0.39 is 12.1 Å². The average Bonchev–Trinajstić information content (AvgIpc) is 3.04. The molecule has 2 aliphatic rings. The summed E-state index contributed by atoms with van der Waals surface area (Å²) < 4.78 is 31.7. The molecule has 0 unspecified atom stereocenters. The summed E-state index contributed by atoms with van der Waals surface area (Å²) in [5.41, 5.74) is 4.12. The van der Waals surface area contributed by atoms with E-state index in [-0.39, 0.29) is 17.7 Å². The Morgan fingerprint density at radius 2 is 1.93 bits per heavy atom. The van der Waals surface area contributed by atoms with E-state index in [2.05, 4.69) is 20.9 Å². The van der Waals surface area contributed by atoms with Crippen molar-refractivity contribution in [3.8, 4) is 0 Å². The molecule has 0 saturated carbocycles. The lowest BCUT2D eigenvalue weighted by Crippen LogP contribution is -2.51. The van der Waals surface area contributed by atoms with Gasteiger partial charge in [0, 0.05) is 48.8 Å². The molecule has 1 saturated heterocycles. The number of carbonyl (C=O) groups is 3. The van der Waals surface area contributed by atoms with Crippen LogP contribution in [0.25, 0.3) is 10.9 Å². The van der Waals surface area contributed by atoms with E-state index >= 15 is 0 Å². The zero-order valence-electron chi connectivity index (χ0n) is 15.9. The highest BCUT2D eigenvalue weighted by molar-refractivity contribution is 6.02. The number of hydrogen-bond acceptors (Lipinski definition) is 4. The van der Waals surface area contributed by atoms with Crippen LogP contribution in [0.3, 0.4) is 0 Å². The molecule has 11 heteroatoms. The number of nitrogens with one attached hydrogen (secondary N) is 4. The first-order valence-corrected chi connectivity index (χ1v) is 9.37. The van der Waals surface area contributed by atoms with Crippen LogP contribution in [0.2, 0.25) is 0 Å². The van der Waals surface area contributed by atoms with Crippen LogP contribution >= 0.6 is 0 Å². The van der Waals surface area contributed by atoms with Crippen LogP contribution in [0.1, 0.15) is 21.5 Å². The molecule has 3 heterocycles. The molecule has 0 bridgehead atoms. The van der Waals surface area contributed by atoms with E-state index in [0.717, 1.165) is 48.0 Å². The first kappa shape index (κ1) is 21.6. The van der Waals surface area contributed by atoms with Crippen molar-refractivity contribution in [1.82, 2.24) is 20.9 Å². The summed E-state index contributed by atoms with van der Waals surface area (Å²) in [6, 6.07) is 3.85. The van der Waals surface area contributed by atoms with E-state index in [9.17, 15) is 22.8 Å². The Balaban J connectivity index is 0.000000318. The molecule has 0 radical (unpaired) electrons. The third-order valence-electron chi connectivity index (χ3n) is 5.03. The maximum Gasteiger partial charge on any atom is 0.490 e.